The maximum Gasteiger partial charge on any atom is 0.175 e. The van der Waals surface area contributed by atoms with Crippen LogP contribution in [0.15, 0.2) is 52.0 Å². The van der Waals surface area contributed by atoms with Gasteiger partial charge in [-0.1, -0.05) is 12.1 Å². The van der Waals surface area contributed by atoms with E-state index in [1.807, 2.05) is 6.07 Å². The Labute approximate surface area is 88.3 Å². The number of furan rings is 1. The van der Waals surface area contributed by atoms with Crippen LogP contribution in [-0.2, 0) is 9.84 Å². The minimum Gasteiger partial charge on any atom is -0.464 e. The highest BCUT2D eigenvalue weighted by molar-refractivity contribution is 7.90. The highest BCUT2D eigenvalue weighted by Gasteiger charge is 2.08. The first-order valence-corrected chi connectivity index (χ1v) is 6.30. The van der Waals surface area contributed by atoms with Gasteiger partial charge in [0.1, 0.15) is 5.76 Å². The van der Waals surface area contributed by atoms with E-state index < -0.39 is 9.84 Å². The zero-order chi connectivity index (χ0) is 10.9. The average Bonchev–Trinajstić information content (AvgIpc) is 2.69. The Morgan fingerprint density at radius 1 is 1.13 bits per heavy atom. The van der Waals surface area contributed by atoms with Gasteiger partial charge in [-0.25, -0.2) is 8.42 Å². The molecule has 0 atom stereocenters. The Hall–Kier alpha value is -1.55. The van der Waals surface area contributed by atoms with E-state index in [2.05, 4.69) is 0 Å². The molecule has 0 N–H and O–H groups in total. The summed E-state index contributed by atoms with van der Waals surface area (Å²) in [4.78, 5) is 0.302. The molecule has 0 radical (unpaired) electrons. The summed E-state index contributed by atoms with van der Waals surface area (Å²) < 4.78 is 27.8. The first-order valence-electron chi connectivity index (χ1n) is 4.41. The molecule has 0 amide bonds. The van der Waals surface area contributed by atoms with Crippen LogP contribution in [-0.4, -0.2) is 14.7 Å². The van der Waals surface area contributed by atoms with Crippen molar-refractivity contribution in [2.24, 2.45) is 0 Å². The normalized spacial score (nSPS) is 11.5. The molecule has 1 aromatic heterocycles. The van der Waals surface area contributed by atoms with Crippen molar-refractivity contribution < 1.29 is 12.8 Å². The maximum atomic E-state index is 11.3. The van der Waals surface area contributed by atoms with Crippen molar-refractivity contribution in [3.8, 4) is 11.3 Å². The van der Waals surface area contributed by atoms with Crippen LogP contribution in [0.2, 0.25) is 0 Å². The predicted octanol–water partition coefficient (Wildman–Crippen LogP) is 2.35. The predicted molar refractivity (Wildman–Crippen MR) is 57.3 cm³/mol. The van der Waals surface area contributed by atoms with Gasteiger partial charge in [0, 0.05) is 11.8 Å². The third-order valence-corrected chi connectivity index (χ3v) is 3.18. The van der Waals surface area contributed by atoms with E-state index in [0.29, 0.717) is 10.7 Å². The van der Waals surface area contributed by atoms with Crippen molar-refractivity contribution in [2.75, 3.05) is 6.26 Å². The van der Waals surface area contributed by atoms with Crippen molar-refractivity contribution in [2.45, 2.75) is 4.90 Å². The molecule has 0 aliphatic carbocycles. The Kier molecular flexibility index (Phi) is 2.36. The lowest BCUT2D eigenvalue weighted by Crippen LogP contribution is -1.96. The van der Waals surface area contributed by atoms with Gasteiger partial charge in [0.25, 0.3) is 0 Å². The van der Waals surface area contributed by atoms with Crippen LogP contribution in [0.5, 0.6) is 0 Å². The lowest BCUT2D eigenvalue weighted by atomic mass is 10.2. The third kappa shape index (κ3) is 2.10. The smallest absolute Gasteiger partial charge is 0.175 e. The molecule has 1 aromatic carbocycles. The molecular formula is C11H10O3S. The molecule has 78 valence electrons. The highest BCUT2D eigenvalue weighted by Crippen LogP contribution is 2.22. The number of hydrogen-bond acceptors (Lipinski definition) is 3. The van der Waals surface area contributed by atoms with Crippen LogP contribution in [0.25, 0.3) is 11.3 Å². The summed E-state index contributed by atoms with van der Waals surface area (Å²) in [6, 6.07) is 10.3. The Morgan fingerprint density at radius 2 is 1.93 bits per heavy atom. The van der Waals surface area contributed by atoms with Gasteiger partial charge >= 0.3 is 0 Å². The minimum atomic E-state index is -3.16. The zero-order valence-corrected chi connectivity index (χ0v) is 8.99. The van der Waals surface area contributed by atoms with E-state index in [1.54, 1.807) is 36.6 Å². The fourth-order valence-electron chi connectivity index (χ4n) is 1.32. The monoisotopic (exact) mass is 222 g/mol. The van der Waals surface area contributed by atoms with Gasteiger partial charge in [0.2, 0.25) is 0 Å². The second kappa shape index (κ2) is 3.55. The van der Waals surface area contributed by atoms with E-state index >= 15 is 0 Å². The number of benzene rings is 1. The Morgan fingerprint density at radius 3 is 2.53 bits per heavy atom. The van der Waals surface area contributed by atoms with E-state index in [-0.39, 0.29) is 0 Å². The largest absolute Gasteiger partial charge is 0.464 e. The minimum absolute atomic E-state index is 0.302. The van der Waals surface area contributed by atoms with E-state index in [1.165, 1.54) is 6.26 Å². The van der Waals surface area contributed by atoms with Crippen molar-refractivity contribution in [1.82, 2.24) is 0 Å². The van der Waals surface area contributed by atoms with Gasteiger partial charge < -0.3 is 4.42 Å². The molecule has 0 aliphatic rings. The molecule has 2 rings (SSSR count). The molecule has 0 aliphatic heterocycles. The molecular weight excluding hydrogens is 212 g/mol. The number of sulfone groups is 1. The molecule has 4 heteroatoms. The molecule has 0 spiro atoms. The summed E-state index contributed by atoms with van der Waals surface area (Å²) in [5, 5.41) is 0. The lowest BCUT2D eigenvalue weighted by Gasteiger charge is -2.00. The van der Waals surface area contributed by atoms with E-state index in [4.69, 9.17) is 4.42 Å². The average molecular weight is 222 g/mol. The number of rotatable bonds is 2. The first kappa shape index (κ1) is 9.98. The lowest BCUT2D eigenvalue weighted by molar-refractivity contribution is 0.582. The van der Waals surface area contributed by atoms with Crippen molar-refractivity contribution in [3.05, 3.63) is 42.7 Å². The van der Waals surface area contributed by atoms with Crippen LogP contribution < -0.4 is 0 Å². The van der Waals surface area contributed by atoms with Crippen LogP contribution in [0, 0.1) is 0 Å². The molecule has 2 aromatic rings. The highest BCUT2D eigenvalue weighted by atomic mass is 32.2. The van der Waals surface area contributed by atoms with Crippen LogP contribution in [0.1, 0.15) is 0 Å². The fraction of sp³-hybridized carbons (Fsp3) is 0.0909. The summed E-state index contributed by atoms with van der Waals surface area (Å²) in [5.74, 6) is 0.667. The van der Waals surface area contributed by atoms with Crippen LogP contribution in [0.4, 0.5) is 0 Å². The maximum absolute atomic E-state index is 11.3. The van der Waals surface area contributed by atoms with Crippen LogP contribution >= 0.6 is 0 Å². The van der Waals surface area contributed by atoms with E-state index in [9.17, 15) is 8.42 Å². The summed E-state index contributed by atoms with van der Waals surface area (Å²) in [6.07, 6.45) is 2.75. The molecule has 3 nitrogen and oxygen atoms in total. The Bertz CT molecular complexity index is 553. The molecule has 0 fully saturated rings. The SMILES string of the molecule is CS(=O)(=O)c1cccc(-c2ccco2)c1. The first-order chi connectivity index (χ1) is 7.07. The second-order valence-electron chi connectivity index (χ2n) is 3.28. The van der Waals surface area contributed by atoms with Gasteiger partial charge in [-0.3, -0.25) is 0 Å². The summed E-state index contributed by atoms with van der Waals surface area (Å²) in [6.45, 7) is 0. The van der Waals surface area contributed by atoms with E-state index in [0.717, 1.165) is 5.56 Å². The van der Waals surface area contributed by atoms with Crippen LogP contribution in [0.3, 0.4) is 0 Å². The molecule has 0 unspecified atom stereocenters. The number of hydrogen-bond donors (Lipinski definition) is 0. The van der Waals surface area contributed by atoms with Crippen molar-refractivity contribution in [1.29, 1.82) is 0 Å². The standard InChI is InChI=1S/C11H10O3S/c1-15(12,13)10-5-2-4-9(8-10)11-6-3-7-14-11/h2-8H,1H3. The van der Waals surface area contributed by atoms with Gasteiger partial charge in [-0.2, -0.15) is 0 Å². The second-order valence-corrected chi connectivity index (χ2v) is 5.29. The molecule has 1 heterocycles. The van der Waals surface area contributed by atoms with Crippen molar-refractivity contribution >= 4 is 9.84 Å². The zero-order valence-electron chi connectivity index (χ0n) is 8.17. The van der Waals surface area contributed by atoms with Gasteiger partial charge in [-0.15, -0.1) is 0 Å². The molecule has 15 heavy (non-hydrogen) atoms. The van der Waals surface area contributed by atoms with Gasteiger partial charge in [-0.05, 0) is 24.3 Å². The van der Waals surface area contributed by atoms with Gasteiger partial charge in [0.05, 0.1) is 11.2 Å². The summed E-state index contributed by atoms with van der Waals surface area (Å²) >= 11 is 0. The Balaban J connectivity index is 2.53. The third-order valence-electron chi connectivity index (χ3n) is 2.07. The quantitative estimate of drug-likeness (QED) is 0.783. The van der Waals surface area contributed by atoms with Gasteiger partial charge in [0.15, 0.2) is 9.84 Å². The van der Waals surface area contributed by atoms with Crippen molar-refractivity contribution in [3.63, 3.8) is 0 Å². The molecule has 0 bridgehead atoms. The summed E-state index contributed by atoms with van der Waals surface area (Å²) in [7, 11) is -3.16. The fourth-order valence-corrected chi connectivity index (χ4v) is 1.99. The molecule has 0 saturated heterocycles. The summed E-state index contributed by atoms with van der Waals surface area (Å²) in [5.41, 5.74) is 0.767. The topological polar surface area (TPSA) is 47.3 Å². The molecule has 0 saturated carbocycles.